The third-order valence-electron chi connectivity index (χ3n) is 2.76. The summed E-state index contributed by atoms with van der Waals surface area (Å²) in [5.41, 5.74) is 6.13. The van der Waals surface area contributed by atoms with Gasteiger partial charge >= 0.3 is 5.97 Å². The Balaban J connectivity index is 2.27. The van der Waals surface area contributed by atoms with Gasteiger partial charge in [-0.25, -0.2) is 4.79 Å². The summed E-state index contributed by atoms with van der Waals surface area (Å²) in [6.45, 7) is 3.33. The van der Waals surface area contributed by atoms with E-state index in [9.17, 15) is 13.2 Å². The number of nitrogen functional groups attached to an aromatic ring is 1. The number of anilines is 1. The number of carbonyl (C=O) groups is 1. The third-order valence-corrected chi connectivity index (χ3v) is 4.07. The quantitative estimate of drug-likeness (QED) is 0.596. The fourth-order valence-corrected chi connectivity index (χ4v) is 2.62. The molecule has 10 heteroatoms. The van der Waals surface area contributed by atoms with Crippen molar-refractivity contribution in [1.82, 2.24) is 15.1 Å². The van der Waals surface area contributed by atoms with Gasteiger partial charge in [0.15, 0.2) is 5.69 Å². The van der Waals surface area contributed by atoms with E-state index in [4.69, 9.17) is 10.5 Å². The van der Waals surface area contributed by atoms with Crippen LogP contribution in [0.5, 0.6) is 0 Å². The molecular weight excluding hydrogens is 310 g/mol. The van der Waals surface area contributed by atoms with Crippen LogP contribution in [-0.4, -0.2) is 36.1 Å². The predicted octanol–water partition coefficient (Wildman–Crippen LogP) is 0.278. The van der Waals surface area contributed by atoms with Gasteiger partial charge in [-0.2, -0.15) is 13.2 Å². The number of nitrogens with two attached hydrogens (primary N) is 1. The molecule has 9 nitrogen and oxygen atoms in total. The summed E-state index contributed by atoms with van der Waals surface area (Å²) < 4.78 is 29.2. The number of benzene rings is 1. The van der Waals surface area contributed by atoms with Crippen molar-refractivity contribution in [3.05, 3.63) is 35.7 Å². The van der Waals surface area contributed by atoms with E-state index in [1.54, 1.807) is 6.92 Å². The molecule has 0 atom stereocenters. The lowest BCUT2D eigenvalue weighted by molar-refractivity contribution is 0.0518. The number of rotatable bonds is 5. The lowest BCUT2D eigenvalue weighted by Crippen LogP contribution is -2.25. The van der Waals surface area contributed by atoms with Crippen LogP contribution in [0, 0.1) is 6.92 Å². The van der Waals surface area contributed by atoms with Gasteiger partial charge in [0.25, 0.3) is 10.0 Å². The number of nitrogens with one attached hydrogen (secondary N) is 1. The lowest BCUT2D eigenvalue weighted by atomic mass is 10.3. The first-order valence-corrected chi connectivity index (χ1v) is 7.81. The molecule has 0 saturated carbocycles. The number of hydrogen-bond donors (Lipinski definition) is 2. The molecule has 0 aliphatic heterocycles. The number of esters is 1. The van der Waals surface area contributed by atoms with E-state index < -0.39 is 16.0 Å². The first kappa shape index (κ1) is 15.8. The molecule has 0 fully saturated rings. The van der Waals surface area contributed by atoms with Gasteiger partial charge in [0.1, 0.15) is 0 Å². The van der Waals surface area contributed by atoms with Crippen molar-refractivity contribution in [1.29, 1.82) is 0 Å². The maximum absolute atomic E-state index is 12.2. The van der Waals surface area contributed by atoms with Crippen LogP contribution in [0.15, 0.2) is 29.2 Å². The maximum Gasteiger partial charge on any atom is 0.360 e. The number of ether oxygens (including phenoxy) is 1. The van der Waals surface area contributed by atoms with Crippen molar-refractivity contribution >= 4 is 21.7 Å². The molecule has 0 aliphatic rings. The average Bonchev–Trinajstić information content (AvgIpc) is 2.80. The highest BCUT2D eigenvalue weighted by Gasteiger charge is 2.21. The van der Waals surface area contributed by atoms with E-state index in [2.05, 4.69) is 15.1 Å². The van der Waals surface area contributed by atoms with E-state index >= 15 is 0 Å². The molecule has 22 heavy (non-hydrogen) atoms. The van der Waals surface area contributed by atoms with Gasteiger partial charge in [0, 0.05) is 5.69 Å². The highest BCUT2D eigenvalue weighted by Crippen LogP contribution is 2.13. The summed E-state index contributed by atoms with van der Waals surface area (Å²) in [5, 5.41) is 7.22. The van der Waals surface area contributed by atoms with Gasteiger partial charge in [-0.1, -0.05) is 0 Å². The summed E-state index contributed by atoms with van der Waals surface area (Å²) in [6, 6.07) is 5.64. The van der Waals surface area contributed by atoms with Gasteiger partial charge in [-0.15, -0.1) is 9.89 Å². The molecule has 1 aromatic carbocycles. The molecule has 2 aromatic rings. The zero-order valence-electron chi connectivity index (χ0n) is 12.0. The van der Waals surface area contributed by atoms with E-state index in [0.29, 0.717) is 5.69 Å². The van der Waals surface area contributed by atoms with Gasteiger partial charge < -0.3 is 10.5 Å². The van der Waals surface area contributed by atoms with Crippen LogP contribution in [0.25, 0.3) is 0 Å². The van der Waals surface area contributed by atoms with Gasteiger partial charge in [-0.05, 0) is 43.3 Å². The van der Waals surface area contributed by atoms with Crippen LogP contribution in [0.4, 0.5) is 5.69 Å². The second-order valence-corrected chi connectivity index (χ2v) is 5.98. The first-order valence-electron chi connectivity index (χ1n) is 6.33. The third kappa shape index (κ3) is 3.17. The molecule has 1 heterocycles. The Labute approximate surface area is 127 Å². The van der Waals surface area contributed by atoms with Gasteiger partial charge in [-0.3, -0.25) is 0 Å². The van der Waals surface area contributed by atoms with Crippen LogP contribution < -0.4 is 10.6 Å². The van der Waals surface area contributed by atoms with Crippen molar-refractivity contribution in [2.75, 3.05) is 17.2 Å². The van der Waals surface area contributed by atoms with Crippen molar-refractivity contribution in [2.24, 2.45) is 0 Å². The van der Waals surface area contributed by atoms with Crippen LogP contribution in [0.3, 0.4) is 0 Å². The molecule has 0 saturated heterocycles. The highest BCUT2D eigenvalue weighted by atomic mass is 32.2. The average molecular weight is 325 g/mol. The zero-order chi connectivity index (χ0) is 16.3. The number of sulfonamides is 1. The fourth-order valence-electron chi connectivity index (χ4n) is 1.62. The van der Waals surface area contributed by atoms with Crippen LogP contribution in [0.2, 0.25) is 0 Å². The largest absolute Gasteiger partial charge is 0.461 e. The molecular formula is C12H15N5O4S. The molecule has 0 radical (unpaired) electrons. The fraction of sp³-hybridized carbons (Fsp3) is 0.250. The minimum absolute atomic E-state index is 0.00860. The van der Waals surface area contributed by atoms with Crippen molar-refractivity contribution < 1.29 is 17.9 Å². The van der Waals surface area contributed by atoms with E-state index in [-0.39, 0.29) is 22.9 Å². The summed E-state index contributed by atoms with van der Waals surface area (Å²) >= 11 is 0. The standard InChI is InChI=1S/C12H15N5O4S/c1-3-21-12(18)11-8(2)17(15-14-11)16-22(19,20)10-6-4-9(13)5-7-10/h4-7,16H,3,13H2,1-2H3. The predicted molar refractivity (Wildman–Crippen MR) is 78.1 cm³/mol. The van der Waals surface area contributed by atoms with Crippen LogP contribution >= 0.6 is 0 Å². The number of nitrogens with zero attached hydrogens (tertiary/aromatic N) is 3. The van der Waals surface area contributed by atoms with E-state index in [1.807, 2.05) is 0 Å². The van der Waals surface area contributed by atoms with Crippen LogP contribution in [0.1, 0.15) is 23.1 Å². The van der Waals surface area contributed by atoms with E-state index in [1.165, 1.54) is 31.2 Å². The molecule has 0 amide bonds. The normalized spacial score (nSPS) is 11.2. The Bertz CT molecular complexity index is 782. The molecule has 2 rings (SSSR count). The second kappa shape index (κ2) is 6.02. The Kier molecular flexibility index (Phi) is 4.31. The molecule has 0 spiro atoms. The van der Waals surface area contributed by atoms with Crippen LogP contribution in [-0.2, 0) is 14.8 Å². The Morgan fingerprint density at radius 3 is 2.59 bits per heavy atom. The monoisotopic (exact) mass is 325 g/mol. The van der Waals surface area contributed by atoms with Gasteiger partial charge in [0.05, 0.1) is 17.2 Å². The smallest absolute Gasteiger partial charge is 0.360 e. The molecule has 0 bridgehead atoms. The summed E-state index contributed by atoms with van der Waals surface area (Å²) in [4.78, 5) is 14.7. The van der Waals surface area contributed by atoms with E-state index in [0.717, 1.165) is 4.79 Å². The van der Waals surface area contributed by atoms with Crippen molar-refractivity contribution in [2.45, 2.75) is 18.7 Å². The number of hydrogen-bond acceptors (Lipinski definition) is 7. The Hall–Kier alpha value is -2.62. The second-order valence-electron chi connectivity index (χ2n) is 4.32. The van der Waals surface area contributed by atoms with Crippen molar-refractivity contribution in [3.63, 3.8) is 0 Å². The Morgan fingerprint density at radius 1 is 1.36 bits per heavy atom. The molecule has 0 unspecified atom stereocenters. The minimum atomic E-state index is -3.87. The summed E-state index contributed by atoms with van der Waals surface area (Å²) in [7, 11) is -3.87. The summed E-state index contributed by atoms with van der Waals surface area (Å²) in [5.74, 6) is -0.669. The minimum Gasteiger partial charge on any atom is -0.461 e. The highest BCUT2D eigenvalue weighted by molar-refractivity contribution is 7.92. The molecule has 1 aromatic heterocycles. The topological polar surface area (TPSA) is 129 Å². The molecule has 3 N–H and O–H groups in total. The SMILES string of the molecule is CCOC(=O)c1nnn(NS(=O)(=O)c2ccc(N)cc2)c1C. The molecule has 0 aliphatic carbocycles. The lowest BCUT2D eigenvalue weighted by Gasteiger charge is -2.08. The first-order chi connectivity index (χ1) is 10.3. The number of aromatic nitrogens is 3. The zero-order valence-corrected chi connectivity index (χ0v) is 12.8. The van der Waals surface area contributed by atoms with Crippen molar-refractivity contribution in [3.8, 4) is 0 Å². The summed E-state index contributed by atoms with van der Waals surface area (Å²) in [6.07, 6.45) is 0. The number of carbonyl (C=O) groups excluding carboxylic acids is 1. The van der Waals surface area contributed by atoms with Gasteiger partial charge in [0.2, 0.25) is 0 Å². The Morgan fingerprint density at radius 2 is 2.00 bits per heavy atom. The molecule has 118 valence electrons. The maximum atomic E-state index is 12.2.